The largest absolute Gasteiger partial charge is 0.549 e. The molecule has 0 unspecified atom stereocenters. The topological polar surface area (TPSA) is 29.5 Å². The lowest BCUT2D eigenvalue weighted by Gasteiger charge is -2.35. The molecule has 0 radical (unpaired) electrons. The maximum atomic E-state index is 11.8. The lowest BCUT2D eigenvalue weighted by Crippen LogP contribution is -2.39. The summed E-state index contributed by atoms with van der Waals surface area (Å²) in [4.78, 5) is 13.6. The van der Waals surface area contributed by atoms with Gasteiger partial charge >= 0.3 is 0 Å². The highest BCUT2D eigenvalue weighted by Gasteiger charge is 2.37. The van der Waals surface area contributed by atoms with Crippen LogP contribution in [0.4, 0.5) is 0 Å². The second kappa shape index (κ2) is 8.34. The minimum atomic E-state index is -1.73. The summed E-state index contributed by atoms with van der Waals surface area (Å²) < 4.78 is 6.01. The van der Waals surface area contributed by atoms with Crippen LogP contribution in [-0.4, -0.2) is 25.7 Å². The van der Waals surface area contributed by atoms with Crippen LogP contribution in [0.1, 0.15) is 39.7 Å². The summed E-state index contributed by atoms with van der Waals surface area (Å²) in [6.07, 6.45) is 4.67. The Morgan fingerprint density at radius 2 is 1.83 bits per heavy atom. The molecule has 0 aliphatic carbocycles. The molecule has 3 nitrogen and oxygen atoms in total. The van der Waals surface area contributed by atoms with Crippen LogP contribution in [0.3, 0.4) is 0 Å². The van der Waals surface area contributed by atoms with E-state index in [1.165, 1.54) is 0 Å². The molecule has 0 aromatic heterocycles. The Morgan fingerprint density at radius 1 is 1.22 bits per heavy atom. The van der Waals surface area contributed by atoms with E-state index in [4.69, 9.17) is 4.43 Å². The molecule has 1 amide bonds. The molecule has 0 aliphatic heterocycles. The molecule has 0 heterocycles. The van der Waals surface area contributed by atoms with Crippen LogP contribution in [0, 0.1) is 0 Å². The summed E-state index contributed by atoms with van der Waals surface area (Å²) >= 11 is 0. The quantitative estimate of drug-likeness (QED) is 0.521. The van der Waals surface area contributed by atoms with Crippen molar-refractivity contribution in [1.29, 1.82) is 0 Å². The van der Waals surface area contributed by atoms with E-state index < -0.39 is 8.32 Å². The third-order valence-electron chi connectivity index (χ3n) is 4.49. The molecule has 1 rings (SSSR count). The Balaban J connectivity index is 2.48. The molecule has 1 aromatic carbocycles. The van der Waals surface area contributed by atoms with Crippen molar-refractivity contribution >= 4 is 14.2 Å². The number of amides is 1. The van der Waals surface area contributed by atoms with Crippen molar-refractivity contribution in [2.75, 3.05) is 6.54 Å². The zero-order chi connectivity index (χ0) is 17.5. The molecule has 0 saturated carbocycles. The molecule has 4 heteroatoms. The van der Waals surface area contributed by atoms with Gasteiger partial charge in [0.1, 0.15) is 0 Å². The first-order chi connectivity index (χ1) is 10.6. The van der Waals surface area contributed by atoms with Crippen molar-refractivity contribution in [2.24, 2.45) is 0 Å². The molecule has 0 fully saturated rings. The summed E-state index contributed by atoms with van der Waals surface area (Å²) in [6, 6.07) is 10.1. The highest BCUT2D eigenvalue weighted by molar-refractivity contribution is 6.74. The van der Waals surface area contributed by atoms with Gasteiger partial charge in [-0.25, -0.2) is 0 Å². The van der Waals surface area contributed by atoms with Crippen LogP contribution < -0.4 is 0 Å². The van der Waals surface area contributed by atoms with Crippen molar-refractivity contribution in [2.45, 2.75) is 58.8 Å². The van der Waals surface area contributed by atoms with E-state index in [9.17, 15) is 4.79 Å². The summed E-state index contributed by atoms with van der Waals surface area (Å²) in [5.74, 6) is 0.104. The van der Waals surface area contributed by atoms with Gasteiger partial charge in [-0.1, -0.05) is 51.1 Å². The monoisotopic (exact) mass is 333 g/mol. The fraction of sp³-hybridized carbons (Fsp3) is 0.526. The first-order valence-electron chi connectivity index (χ1n) is 8.26. The fourth-order valence-electron chi connectivity index (χ4n) is 1.85. The van der Waals surface area contributed by atoms with Crippen molar-refractivity contribution in [3.63, 3.8) is 0 Å². The van der Waals surface area contributed by atoms with Gasteiger partial charge in [-0.2, -0.15) is 0 Å². The minimum Gasteiger partial charge on any atom is -0.549 e. The molecule has 0 aliphatic rings. The number of carbonyl (C=O) groups is 1. The van der Waals surface area contributed by atoms with E-state index in [1.54, 1.807) is 6.92 Å². The van der Waals surface area contributed by atoms with Gasteiger partial charge in [0.15, 0.2) is 0 Å². The molecule has 0 spiro atoms. The van der Waals surface area contributed by atoms with E-state index >= 15 is 0 Å². The summed E-state index contributed by atoms with van der Waals surface area (Å²) in [7, 11) is -1.73. The predicted octanol–water partition coefficient (Wildman–Crippen LogP) is 4.96. The average Bonchev–Trinajstić information content (AvgIpc) is 2.45. The van der Waals surface area contributed by atoms with Gasteiger partial charge in [-0.05, 0) is 36.2 Å². The lowest BCUT2D eigenvalue weighted by atomic mass is 10.2. The van der Waals surface area contributed by atoms with Crippen molar-refractivity contribution in [3.8, 4) is 0 Å². The Bertz CT molecular complexity index is 518. The summed E-state index contributed by atoms with van der Waals surface area (Å²) in [5, 5.41) is 0.204. The van der Waals surface area contributed by atoms with Crippen LogP contribution >= 0.6 is 0 Å². The molecule has 0 N–H and O–H groups in total. The van der Waals surface area contributed by atoms with Crippen LogP contribution in [0.25, 0.3) is 0 Å². The Morgan fingerprint density at radius 3 is 2.35 bits per heavy atom. The maximum absolute atomic E-state index is 11.8. The van der Waals surface area contributed by atoms with Crippen LogP contribution in [0.5, 0.6) is 0 Å². The average molecular weight is 334 g/mol. The standard InChI is InChI=1S/C19H31NO2Si/c1-17(21)20(16-18-12-8-7-9-13-18)14-10-11-15-22-23(5,6)19(2,3)4/h7-9,11-13,15H,10,14,16H2,1-6H3/b15-11-. The number of nitrogens with zero attached hydrogens (tertiary/aromatic N) is 1. The van der Waals surface area contributed by atoms with E-state index in [1.807, 2.05) is 47.6 Å². The minimum absolute atomic E-state index is 0.104. The van der Waals surface area contributed by atoms with E-state index in [-0.39, 0.29) is 10.9 Å². The van der Waals surface area contributed by atoms with Crippen molar-refractivity contribution in [3.05, 3.63) is 48.2 Å². The molecule has 128 valence electrons. The number of hydrogen-bond acceptors (Lipinski definition) is 2. The first-order valence-corrected chi connectivity index (χ1v) is 11.2. The molecule has 0 atom stereocenters. The molecule has 1 aromatic rings. The third kappa shape index (κ3) is 6.61. The zero-order valence-corrected chi connectivity index (χ0v) is 16.4. The van der Waals surface area contributed by atoms with Crippen molar-refractivity contribution in [1.82, 2.24) is 4.90 Å². The number of hydrogen-bond donors (Lipinski definition) is 0. The summed E-state index contributed by atoms with van der Waals surface area (Å²) in [5.41, 5.74) is 1.16. The van der Waals surface area contributed by atoms with E-state index in [0.717, 1.165) is 12.0 Å². The highest BCUT2D eigenvalue weighted by atomic mass is 28.4. The van der Waals surface area contributed by atoms with Gasteiger partial charge in [-0.3, -0.25) is 4.79 Å². The van der Waals surface area contributed by atoms with Gasteiger partial charge in [0.05, 0.1) is 6.26 Å². The van der Waals surface area contributed by atoms with Gasteiger partial charge in [0.25, 0.3) is 0 Å². The fourth-order valence-corrected chi connectivity index (χ4v) is 2.64. The molecular formula is C19H31NO2Si. The Hall–Kier alpha value is -1.55. The zero-order valence-electron chi connectivity index (χ0n) is 15.4. The molecule has 0 saturated heterocycles. The first kappa shape index (κ1) is 19.5. The van der Waals surface area contributed by atoms with Gasteiger partial charge in [-0.15, -0.1) is 0 Å². The van der Waals surface area contributed by atoms with Gasteiger partial charge < -0.3 is 9.33 Å². The normalized spacial score (nSPS) is 12.4. The number of benzene rings is 1. The molecular weight excluding hydrogens is 302 g/mol. The van der Waals surface area contributed by atoms with Crippen LogP contribution in [-0.2, 0) is 15.8 Å². The maximum Gasteiger partial charge on any atom is 0.249 e. The summed E-state index contributed by atoms with van der Waals surface area (Å²) in [6.45, 7) is 14.1. The number of carbonyl (C=O) groups excluding carboxylic acids is 1. The Kier molecular flexibility index (Phi) is 7.07. The van der Waals surface area contributed by atoms with Crippen LogP contribution in [0.15, 0.2) is 42.7 Å². The second-order valence-corrected chi connectivity index (χ2v) is 12.2. The number of rotatable bonds is 7. The van der Waals surface area contributed by atoms with Crippen LogP contribution in [0.2, 0.25) is 18.1 Å². The van der Waals surface area contributed by atoms with E-state index in [2.05, 4.69) is 33.9 Å². The van der Waals surface area contributed by atoms with E-state index in [0.29, 0.717) is 13.1 Å². The smallest absolute Gasteiger partial charge is 0.249 e. The van der Waals surface area contributed by atoms with Crippen molar-refractivity contribution < 1.29 is 9.22 Å². The lowest BCUT2D eigenvalue weighted by molar-refractivity contribution is -0.129. The van der Waals surface area contributed by atoms with Gasteiger partial charge in [0.2, 0.25) is 14.2 Å². The second-order valence-electron chi connectivity index (χ2n) is 7.46. The third-order valence-corrected chi connectivity index (χ3v) is 8.83. The molecule has 23 heavy (non-hydrogen) atoms. The highest BCUT2D eigenvalue weighted by Crippen LogP contribution is 2.36. The Labute approximate surface area is 142 Å². The SMILES string of the molecule is CC(=O)N(CC/C=C\O[Si](C)(C)C(C)(C)C)Cc1ccccc1. The predicted molar refractivity (Wildman–Crippen MR) is 99.6 cm³/mol. The molecule has 0 bridgehead atoms. The van der Waals surface area contributed by atoms with Gasteiger partial charge in [0, 0.05) is 20.0 Å².